The Morgan fingerprint density at radius 1 is 0.273 bits per heavy atom. The van der Waals surface area contributed by atoms with Gasteiger partial charge in [-0.15, -0.1) is 0 Å². The molecule has 0 aromatic heterocycles. The van der Waals surface area contributed by atoms with Crippen molar-refractivity contribution in [2.75, 3.05) is 59.5 Å². The molecule has 0 aromatic rings. The van der Waals surface area contributed by atoms with E-state index in [1.54, 1.807) is 13.8 Å². The number of ether oxygens (including phenoxy) is 10. The van der Waals surface area contributed by atoms with Gasteiger partial charge in [0.15, 0.2) is 11.6 Å². The minimum absolute atomic E-state index is 0.136. The molecule has 0 spiro atoms. The number of allylic oxidation sites excluding steroid dienone is 2. The van der Waals surface area contributed by atoms with E-state index in [0.717, 1.165) is 138 Å². The van der Waals surface area contributed by atoms with E-state index < -0.39 is 41.8 Å². The van der Waals surface area contributed by atoms with Crippen LogP contribution in [0.4, 0.5) is 0 Å². The number of hydrogen-bond donors (Lipinski definition) is 0. The second-order valence-corrected chi connectivity index (χ2v) is 17.3. The fourth-order valence-corrected chi connectivity index (χ4v) is 5.31. The Bertz CT molecular complexity index is 1970. The van der Waals surface area contributed by atoms with Crippen LogP contribution in [0.5, 0.6) is 0 Å². The van der Waals surface area contributed by atoms with E-state index >= 15 is 0 Å². The monoisotopic (exact) mass is 1240 g/mol. The first-order chi connectivity index (χ1) is 42.1. The molecule has 0 saturated heterocycles. The van der Waals surface area contributed by atoms with Crippen LogP contribution in [-0.4, -0.2) is 137 Å². The summed E-state index contributed by atoms with van der Waals surface area (Å²) in [4.78, 5) is 128. The molecule has 0 aliphatic carbocycles. The molecule has 1 atom stereocenters. The maximum atomic E-state index is 10.9. The molecule has 0 heterocycles. The minimum atomic E-state index is -0.479. The molecular weight excluding hydrogens is 1140 g/mol. The Morgan fingerprint density at radius 3 is 0.750 bits per heavy atom. The van der Waals surface area contributed by atoms with Gasteiger partial charge in [-0.25, -0.2) is 43.2 Å². The van der Waals surface area contributed by atoms with Gasteiger partial charge in [0.25, 0.3) is 0 Å². The molecule has 0 amide bonds. The average Bonchev–Trinajstić information content (AvgIpc) is 3.54. The van der Waals surface area contributed by atoms with Crippen molar-refractivity contribution in [3.05, 3.63) is 139 Å². The molecule has 0 aliphatic heterocycles. The normalized spacial score (nSPS) is 9.52. The Kier molecular flexibility index (Phi) is 74.4. The lowest BCUT2D eigenvalue weighted by atomic mass is 10.1. The third-order valence-electron chi connectivity index (χ3n) is 10.1. The first-order valence-corrected chi connectivity index (χ1v) is 28.7. The summed E-state index contributed by atoms with van der Waals surface area (Å²) in [7, 11) is 0. The average molecular weight is 1240 g/mol. The van der Waals surface area contributed by atoms with Gasteiger partial charge in [0, 0.05) is 86.8 Å². The van der Waals surface area contributed by atoms with Crippen molar-refractivity contribution in [2.24, 2.45) is 0 Å². The van der Waals surface area contributed by atoms with Gasteiger partial charge in [-0.1, -0.05) is 105 Å². The second-order valence-electron chi connectivity index (χ2n) is 17.3. The highest BCUT2D eigenvalue weighted by molar-refractivity contribution is 5.89. The highest BCUT2D eigenvalue weighted by Crippen LogP contribution is 2.10. The number of esters is 10. The molecule has 494 valence electrons. The van der Waals surface area contributed by atoms with Gasteiger partial charge >= 0.3 is 59.7 Å². The molecule has 0 radical (unpaired) electrons. The fourth-order valence-electron chi connectivity index (χ4n) is 5.31. The van der Waals surface area contributed by atoms with E-state index in [2.05, 4.69) is 77.1 Å². The number of ketones is 2. The predicted octanol–water partition coefficient (Wildman–Crippen LogP) is 10.7. The Labute approximate surface area is 521 Å². The lowest BCUT2D eigenvalue weighted by Crippen LogP contribution is -2.16. The molecule has 0 rings (SSSR count). The van der Waals surface area contributed by atoms with Crippen molar-refractivity contribution in [2.45, 2.75) is 148 Å². The van der Waals surface area contributed by atoms with Gasteiger partial charge in [-0.2, -0.15) is 0 Å². The summed E-state index contributed by atoms with van der Waals surface area (Å²) in [6.07, 6.45) is 28.7. The number of rotatable bonds is 47. The molecule has 0 aromatic carbocycles. The Balaban J connectivity index is -0.000000230. The molecule has 0 fully saturated rings. The van der Waals surface area contributed by atoms with Crippen LogP contribution in [0.1, 0.15) is 142 Å². The first kappa shape index (κ1) is 90.4. The van der Waals surface area contributed by atoms with E-state index in [0.29, 0.717) is 84.6 Å². The third kappa shape index (κ3) is 81.4. The van der Waals surface area contributed by atoms with Gasteiger partial charge in [0.2, 0.25) is 0 Å². The summed E-state index contributed by atoms with van der Waals surface area (Å²) in [5, 5.41) is 0. The summed E-state index contributed by atoms with van der Waals surface area (Å²) in [5.41, 5.74) is 0. The van der Waals surface area contributed by atoms with Crippen LogP contribution >= 0.6 is 0 Å². The maximum absolute atomic E-state index is 10.9. The molecule has 22 nitrogen and oxygen atoms in total. The van der Waals surface area contributed by atoms with Crippen LogP contribution in [-0.2, 0) is 105 Å². The molecule has 88 heavy (non-hydrogen) atoms. The van der Waals surface area contributed by atoms with Crippen molar-refractivity contribution >= 4 is 71.3 Å². The van der Waals surface area contributed by atoms with Crippen LogP contribution in [0.25, 0.3) is 0 Å². The third-order valence-corrected chi connectivity index (χ3v) is 10.1. The zero-order chi connectivity index (χ0) is 67.9. The molecule has 0 N–H and O–H groups in total. The van der Waals surface area contributed by atoms with E-state index in [1.807, 2.05) is 0 Å². The van der Waals surface area contributed by atoms with Crippen LogP contribution in [0.3, 0.4) is 0 Å². The molecule has 0 aliphatic rings. The topological polar surface area (TPSA) is 297 Å². The lowest BCUT2D eigenvalue weighted by Gasteiger charge is -2.11. The van der Waals surface area contributed by atoms with E-state index in [4.69, 9.17) is 42.6 Å². The van der Waals surface area contributed by atoms with Gasteiger partial charge in [-0.3, -0.25) is 14.4 Å². The summed E-state index contributed by atoms with van der Waals surface area (Å²) in [6.45, 7) is 42.7. The van der Waals surface area contributed by atoms with Crippen LogP contribution in [0.2, 0.25) is 0 Å². The van der Waals surface area contributed by atoms with E-state index in [-0.39, 0.29) is 55.4 Å². The number of unbranched alkanes of at least 4 members (excludes halogenated alkanes) is 11. The highest BCUT2D eigenvalue weighted by atomic mass is 16.6. The van der Waals surface area contributed by atoms with Crippen LogP contribution in [0, 0.1) is 0 Å². The van der Waals surface area contributed by atoms with Gasteiger partial charge < -0.3 is 47.4 Å². The zero-order valence-electron chi connectivity index (χ0n) is 52.2. The van der Waals surface area contributed by atoms with Crippen molar-refractivity contribution in [1.29, 1.82) is 0 Å². The number of carbonyl (C=O) groups excluding carboxylic acids is 12. The summed E-state index contributed by atoms with van der Waals surface area (Å²) < 4.78 is 47.5. The maximum Gasteiger partial charge on any atom is 0.330 e. The SMILES string of the molecule is C=CC(=O)CCCCCCCCC(=O)C=C.C=CC(=O)OCCC(C)OC(=O)C=C.C=CC(=O)OCCCCCCOC(=O)C=C.C=CC(=O)OCCCCCOC(=O)C=C.C=CC(=O)OCCCCOC(=O)C=C.C=CC(=O)OCCCOC(=O)CC. The second kappa shape index (κ2) is 72.4. The van der Waals surface area contributed by atoms with E-state index in [9.17, 15) is 57.5 Å². The molecule has 0 bridgehead atoms. The summed E-state index contributed by atoms with van der Waals surface area (Å²) in [5.74, 6) is -3.85. The Hall–Kier alpha value is -8.82. The highest BCUT2D eigenvalue weighted by Gasteiger charge is 2.08. The van der Waals surface area contributed by atoms with Crippen LogP contribution in [0.15, 0.2) is 139 Å². The van der Waals surface area contributed by atoms with Crippen molar-refractivity contribution in [3.63, 3.8) is 0 Å². The molecule has 22 heteroatoms. The van der Waals surface area contributed by atoms with Crippen LogP contribution < -0.4 is 0 Å². The van der Waals surface area contributed by atoms with Gasteiger partial charge in [0.1, 0.15) is 6.10 Å². The standard InChI is InChI=1S/C14H22O2.C12H18O4.C11H16O4.2C10H14O4.C9H14O4/c1-3-13(15)11-9-7-5-6-8-10-12-14(16)4-2;1-3-11(13)15-9-7-5-6-8-10-16-12(14)4-2;1-3-10(12)14-8-6-5-7-9-15-11(13)4-2;1-4-9(11)13-7-6-8(3)14-10(12)5-2;1-3-9(11)13-7-5-6-8-14-10(12)4-2;1-3-8(10)12-6-5-7-13-9(11)4-2/h3-4H,1-2,5-12H2;3-4H,1-2,5-10H2;3-4H,1-2,5-9H2;4-5,8H,1-2,6-7H2,3H3;3-4H,1-2,5-8H2;3H,1,4-7H2,2H3. The summed E-state index contributed by atoms with van der Waals surface area (Å²) in [6, 6.07) is 0. The minimum Gasteiger partial charge on any atom is -0.466 e. The largest absolute Gasteiger partial charge is 0.466 e. The van der Waals surface area contributed by atoms with Crippen molar-refractivity contribution < 1.29 is 105 Å². The summed E-state index contributed by atoms with van der Waals surface area (Å²) >= 11 is 0. The van der Waals surface area contributed by atoms with Crippen molar-refractivity contribution in [1.82, 2.24) is 0 Å². The first-order valence-electron chi connectivity index (χ1n) is 28.7. The zero-order valence-corrected chi connectivity index (χ0v) is 52.2. The Morgan fingerprint density at radius 2 is 0.489 bits per heavy atom. The molecule has 1 unspecified atom stereocenters. The van der Waals surface area contributed by atoms with Gasteiger partial charge in [0.05, 0.1) is 59.5 Å². The smallest absolute Gasteiger partial charge is 0.330 e. The van der Waals surface area contributed by atoms with E-state index in [1.165, 1.54) is 12.2 Å². The molecular formula is C66H98O22. The molecule has 0 saturated carbocycles. The van der Waals surface area contributed by atoms with Gasteiger partial charge in [-0.05, 0) is 89.7 Å². The van der Waals surface area contributed by atoms with Crippen molar-refractivity contribution in [3.8, 4) is 0 Å². The number of hydrogen-bond acceptors (Lipinski definition) is 22. The predicted molar refractivity (Wildman–Crippen MR) is 334 cm³/mol. The lowest BCUT2D eigenvalue weighted by molar-refractivity contribution is -0.145. The quantitative estimate of drug-likeness (QED) is 0.0237. The number of carbonyl (C=O) groups is 12. The fraction of sp³-hybridized carbons (Fsp3) is 0.485.